The molecule has 0 spiro atoms. The highest BCUT2D eigenvalue weighted by molar-refractivity contribution is 7.98. The molecule has 2 heteroatoms. The Hall–Kier alpha value is 0.280. The highest BCUT2D eigenvalue weighted by atomic mass is 32.2. The summed E-state index contributed by atoms with van der Waals surface area (Å²) in [6.45, 7) is 5.79. The first-order chi connectivity index (χ1) is 4.48. The van der Waals surface area contributed by atoms with Gasteiger partial charge in [0.2, 0.25) is 0 Å². The third-order valence-corrected chi connectivity index (χ3v) is 2.17. The van der Waals surface area contributed by atoms with Crippen molar-refractivity contribution in [3.63, 3.8) is 0 Å². The van der Waals surface area contributed by atoms with Crippen molar-refractivity contribution >= 4 is 11.8 Å². The minimum absolute atomic E-state index is 0.460. The summed E-state index contributed by atoms with van der Waals surface area (Å²) in [4.78, 5) is 0. The van der Waals surface area contributed by atoms with E-state index in [1.54, 1.807) is 18.7 Å². The Labute approximate surface area is 67.6 Å². The lowest BCUT2D eigenvalue weighted by Crippen LogP contribution is -2.23. The second-order valence-corrected chi connectivity index (χ2v) is 4.31. The van der Waals surface area contributed by atoms with Crippen molar-refractivity contribution in [2.75, 3.05) is 12.0 Å². The zero-order valence-corrected chi connectivity index (χ0v) is 8.09. The van der Waals surface area contributed by atoms with Crippen LogP contribution in [0.15, 0.2) is 0 Å². The number of alkyl halides is 1. The molecule has 0 bridgehead atoms. The Morgan fingerprint density at radius 2 is 2.00 bits per heavy atom. The van der Waals surface area contributed by atoms with E-state index in [1.807, 2.05) is 6.26 Å². The van der Waals surface area contributed by atoms with Crippen LogP contribution in [-0.4, -0.2) is 17.7 Å². The van der Waals surface area contributed by atoms with Gasteiger partial charge in [-0.15, -0.1) is 0 Å². The van der Waals surface area contributed by atoms with Crippen LogP contribution >= 0.6 is 11.8 Å². The molecule has 1 atom stereocenters. The smallest absolute Gasteiger partial charge is 0.117 e. The van der Waals surface area contributed by atoms with Gasteiger partial charge in [0.05, 0.1) is 0 Å². The Bertz CT molecular complexity index is 89.3. The van der Waals surface area contributed by atoms with Crippen molar-refractivity contribution in [3.8, 4) is 0 Å². The summed E-state index contributed by atoms with van der Waals surface area (Å²) in [7, 11) is 0. The van der Waals surface area contributed by atoms with Gasteiger partial charge in [-0.1, -0.05) is 13.8 Å². The van der Waals surface area contributed by atoms with E-state index in [0.29, 0.717) is 18.1 Å². The number of thioether (sulfide) groups is 1. The van der Waals surface area contributed by atoms with Crippen LogP contribution in [0, 0.1) is 5.92 Å². The first kappa shape index (κ1) is 10.3. The summed E-state index contributed by atoms with van der Waals surface area (Å²) >= 11 is 1.58. The van der Waals surface area contributed by atoms with Crippen LogP contribution in [0.25, 0.3) is 0 Å². The van der Waals surface area contributed by atoms with Gasteiger partial charge >= 0.3 is 0 Å². The molecule has 0 fully saturated rings. The van der Waals surface area contributed by atoms with Gasteiger partial charge in [-0.05, 0) is 25.5 Å². The topological polar surface area (TPSA) is 0 Å². The largest absolute Gasteiger partial charge is 0.243 e. The normalized spacial score (nSPS) is 17.4. The molecule has 0 N–H and O–H groups in total. The molecule has 0 radical (unpaired) electrons. The monoisotopic (exact) mass is 164 g/mol. The van der Waals surface area contributed by atoms with Gasteiger partial charge in [0, 0.05) is 5.75 Å². The molecule has 0 saturated heterocycles. The maximum Gasteiger partial charge on any atom is 0.117 e. The Morgan fingerprint density at radius 1 is 1.50 bits per heavy atom. The van der Waals surface area contributed by atoms with Crippen molar-refractivity contribution in [1.82, 2.24) is 0 Å². The maximum atomic E-state index is 13.3. The molecule has 0 saturated carbocycles. The zero-order chi connectivity index (χ0) is 8.20. The molecule has 0 amide bonds. The third-order valence-electron chi connectivity index (χ3n) is 1.28. The minimum Gasteiger partial charge on any atom is -0.243 e. The molecule has 1 unspecified atom stereocenters. The molecule has 10 heavy (non-hydrogen) atoms. The lowest BCUT2D eigenvalue weighted by molar-refractivity contribution is 0.184. The van der Waals surface area contributed by atoms with Crippen LogP contribution in [0.3, 0.4) is 0 Å². The van der Waals surface area contributed by atoms with E-state index in [0.717, 1.165) is 0 Å². The van der Waals surface area contributed by atoms with E-state index >= 15 is 0 Å². The first-order valence-corrected chi connectivity index (χ1v) is 5.05. The van der Waals surface area contributed by atoms with E-state index < -0.39 is 5.67 Å². The number of hydrogen-bond donors (Lipinski definition) is 0. The van der Waals surface area contributed by atoms with E-state index in [2.05, 4.69) is 13.8 Å². The van der Waals surface area contributed by atoms with E-state index in [-0.39, 0.29) is 0 Å². The lowest BCUT2D eigenvalue weighted by atomic mass is 9.98. The van der Waals surface area contributed by atoms with Crippen LogP contribution in [0.5, 0.6) is 0 Å². The molecule has 0 aromatic heterocycles. The fourth-order valence-corrected chi connectivity index (χ4v) is 1.93. The van der Waals surface area contributed by atoms with Gasteiger partial charge in [-0.25, -0.2) is 4.39 Å². The van der Waals surface area contributed by atoms with Gasteiger partial charge < -0.3 is 0 Å². The molecule has 0 aliphatic heterocycles. The van der Waals surface area contributed by atoms with E-state index in [4.69, 9.17) is 0 Å². The van der Waals surface area contributed by atoms with E-state index in [9.17, 15) is 4.39 Å². The highest BCUT2D eigenvalue weighted by Gasteiger charge is 2.23. The van der Waals surface area contributed by atoms with E-state index in [1.165, 1.54) is 0 Å². The predicted octanol–water partition coefficient (Wildman–Crippen LogP) is 3.12. The third kappa shape index (κ3) is 5.10. The maximum absolute atomic E-state index is 13.3. The molecule has 0 aromatic rings. The average molecular weight is 164 g/mol. The summed E-state index contributed by atoms with van der Waals surface area (Å²) in [5.74, 6) is 1.08. The summed E-state index contributed by atoms with van der Waals surface area (Å²) in [5, 5.41) is 0. The molecule has 0 aliphatic rings. The number of hydrogen-bond acceptors (Lipinski definition) is 1. The molecular formula is C8H17FS. The molecule has 0 rings (SSSR count). The van der Waals surface area contributed by atoms with Gasteiger partial charge in [-0.3, -0.25) is 0 Å². The van der Waals surface area contributed by atoms with Crippen LogP contribution < -0.4 is 0 Å². The molecule has 0 aromatic carbocycles. The quantitative estimate of drug-likeness (QED) is 0.615. The summed E-state index contributed by atoms with van der Waals surface area (Å²) in [5.41, 5.74) is -0.965. The SMILES string of the molecule is CSCC(C)(F)CC(C)C. The Balaban J connectivity index is 3.63. The predicted molar refractivity (Wildman–Crippen MR) is 47.4 cm³/mol. The lowest BCUT2D eigenvalue weighted by Gasteiger charge is -2.20. The molecular weight excluding hydrogens is 147 g/mol. The van der Waals surface area contributed by atoms with Crippen LogP contribution in [0.2, 0.25) is 0 Å². The van der Waals surface area contributed by atoms with Crippen molar-refractivity contribution in [2.24, 2.45) is 5.92 Å². The van der Waals surface area contributed by atoms with Crippen molar-refractivity contribution in [1.29, 1.82) is 0 Å². The van der Waals surface area contributed by atoms with Gasteiger partial charge in [0.25, 0.3) is 0 Å². The van der Waals surface area contributed by atoms with Gasteiger partial charge in [0.1, 0.15) is 5.67 Å². The molecule has 0 aliphatic carbocycles. The highest BCUT2D eigenvalue weighted by Crippen LogP contribution is 2.24. The van der Waals surface area contributed by atoms with Crippen molar-refractivity contribution in [2.45, 2.75) is 32.9 Å². The summed E-state index contributed by atoms with van der Waals surface area (Å²) in [6, 6.07) is 0. The van der Waals surface area contributed by atoms with Crippen molar-refractivity contribution in [3.05, 3.63) is 0 Å². The van der Waals surface area contributed by atoms with Crippen LogP contribution in [-0.2, 0) is 0 Å². The van der Waals surface area contributed by atoms with Crippen molar-refractivity contribution < 1.29 is 4.39 Å². The zero-order valence-electron chi connectivity index (χ0n) is 7.28. The second kappa shape index (κ2) is 4.22. The standard InChI is InChI=1S/C8H17FS/c1-7(2)5-8(3,9)6-10-4/h7H,5-6H2,1-4H3. The second-order valence-electron chi connectivity index (χ2n) is 3.44. The Morgan fingerprint density at radius 3 is 2.30 bits per heavy atom. The van der Waals surface area contributed by atoms with Crippen LogP contribution in [0.1, 0.15) is 27.2 Å². The fourth-order valence-electron chi connectivity index (χ4n) is 1.21. The first-order valence-electron chi connectivity index (χ1n) is 3.66. The average Bonchev–Trinajstić information content (AvgIpc) is 1.59. The van der Waals surface area contributed by atoms with Gasteiger partial charge in [-0.2, -0.15) is 11.8 Å². The molecule has 62 valence electrons. The minimum atomic E-state index is -0.965. The number of halogens is 1. The van der Waals surface area contributed by atoms with Gasteiger partial charge in [0.15, 0.2) is 0 Å². The fraction of sp³-hybridized carbons (Fsp3) is 1.00. The molecule has 0 heterocycles. The number of rotatable bonds is 4. The summed E-state index contributed by atoms with van der Waals surface area (Å²) < 4.78 is 13.3. The molecule has 0 nitrogen and oxygen atoms in total. The van der Waals surface area contributed by atoms with Crippen LogP contribution in [0.4, 0.5) is 4.39 Å². The summed E-state index contributed by atoms with van der Waals surface area (Å²) in [6.07, 6.45) is 2.62. The Kier molecular flexibility index (Phi) is 4.34.